The number of para-hydroxylation sites is 2. The van der Waals surface area contributed by atoms with Crippen LogP contribution in [0.25, 0.3) is 55.3 Å². The Hall–Kier alpha value is -4.63. The molecule has 0 unspecified atom stereocenters. The summed E-state index contributed by atoms with van der Waals surface area (Å²) in [7, 11) is 0. The summed E-state index contributed by atoms with van der Waals surface area (Å²) in [6, 6.07) is 40.8. The molecule has 7 rings (SSSR count). The fourth-order valence-corrected chi connectivity index (χ4v) is 5.01. The van der Waals surface area contributed by atoms with Crippen LogP contribution in [0.1, 0.15) is 0 Å². The van der Waals surface area contributed by atoms with Gasteiger partial charge in [0.25, 0.3) is 0 Å². The zero-order valence-electron chi connectivity index (χ0n) is 18.5. The first-order valence-corrected chi connectivity index (χ1v) is 11.5. The van der Waals surface area contributed by atoms with Crippen LogP contribution in [0.3, 0.4) is 0 Å². The number of pyridine rings is 1. The van der Waals surface area contributed by atoms with E-state index in [2.05, 4.69) is 123 Å². The maximum atomic E-state index is 4.62. The van der Waals surface area contributed by atoms with Gasteiger partial charge in [0.1, 0.15) is 5.82 Å². The fraction of sp³-hybridized carbons (Fsp3) is 0. The largest absolute Gasteiger partial charge is 0.317 e. The van der Waals surface area contributed by atoms with Gasteiger partial charge in [0.2, 0.25) is 0 Å². The van der Waals surface area contributed by atoms with Crippen molar-refractivity contribution in [1.82, 2.24) is 14.1 Å². The van der Waals surface area contributed by atoms with Crippen LogP contribution < -0.4 is 0 Å². The molecule has 3 heterocycles. The van der Waals surface area contributed by atoms with Gasteiger partial charge in [-0.25, -0.2) is 4.98 Å². The summed E-state index contributed by atoms with van der Waals surface area (Å²) in [4.78, 5) is 4.62. The normalized spacial score (nSPS) is 11.5. The van der Waals surface area contributed by atoms with E-state index in [9.17, 15) is 0 Å². The van der Waals surface area contributed by atoms with E-state index in [0.717, 1.165) is 11.5 Å². The predicted octanol–water partition coefficient (Wildman–Crippen LogP) is 7.79. The minimum Gasteiger partial charge on any atom is -0.317 e. The summed E-state index contributed by atoms with van der Waals surface area (Å²) >= 11 is 0. The highest BCUT2D eigenvalue weighted by Gasteiger charge is 2.13. The fourth-order valence-electron chi connectivity index (χ4n) is 5.01. The Bertz CT molecular complexity index is 1790. The number of fused-ring (bicyclic) bond motifs is 4. The van der Waals surface area contributed by atoms with E-state index >= 15 is 0 Å². The molecule has 3 heteroatoms. The van der Waals surface area contributed by atoms with Crippen LogP contribution in [0, 0.1) is 0 Å². The average Bonchev–Trinajstić information content (AvgIpc) is 3.48. The Balaban J connectivity index is 1.35. The zero-order valence-corrected chi connectivity index (χ0v) is 18.5. The lowest BCUT2D eigenvalue weighted by Crippen LogP contribution is -1.96. The molecule has 0 aliphatic rings. The number of hydrogen-bond acceptors (Lipinski definition) is 1. The molecule has 34 heavy (non-hydrogen) atoms. The van der Waals surface area contributed by atoms with Gasteiger partial charge in [-0.2, -0.15) is 0 Å². The van der Waals surface area contributed by atoms with Gasteiger partial charge >= 0.3 is 0 Å². The molecule has 3 aromatic heterocycles. The SMILES string of the molecule is c1ccc(-n2c3ccccc3c3cc(-c4ccc(-n5ccc6ccccc65)cc4)ccc32)nc1. The van der Waals surface area contributed by atoms with Crippen molar-refractivity contribution in [2.24, 2.45) is 0 Å². The Morgan fingerprint density at radius 1 is 0.529 bits per heavy atom. The van der Waals surface area contributed by atoms with Gasteiger partial charge in [0.05, 0.1) is 16.6 Å². The standard InChI is InChI=1S/C31H21N3/c1-3-9-28-23(7-1)18-20-33(28)25-15-12-22(13-16-25)24-14-17-30-27(21-24)26-8-2-4-10-29(26)34(30)31-11-5-6-19-32-31/h1-21H. The Kier molecular flexibility index (Phi) is 4.15. The average molecular weight is 436 g/mol. The van der Waals surface area contributed by atoms with Crippen LogP contribution in [0.5, 0.6) is 0 Å². The van der Waals surface area contributed by atoms with Crippen molar-refractivity contribution in [1.29, 1.82) is 0 Å². The molecule has 0 amide bonds. The summed E-state index contributed by atoms with van der Waals surface area (Å²) in [5.41, 5.74) is 7.14. The topological polar surface area (TPSA) is 22.8 Å². The monoisotopic (exact) mass is 435 g/mol. The predicted molar refractivity (Wildman–Crippen MR) is 141 cm³/mol. The van der Waals surface area contributed by atoms with Crippen molar-refractivity contribution in [2.75, 3.05) is 0 Å². The molecule has 0 saturated carbocycles. The van der Waals surface area contributed by atoms with E-state index in [1.165, 1.54) is 43.8 Å². The molecule has 0 aliphatic heterocycles. The van der Waals surface area contributed by atoms with Gasteiger partial charge in [-0.1, -0.05) is 60.7 Å². The molecular formula is C31H21N3. The lowest BCUT2D eigenvalue weighted by Gasteiger charge is -2.09. The molecule has 0 saturated heterocycles. The first-order valence-electron chi connectivity index (χ1n) is 11.5. The highest BCUT2D eigenvalue weighted by molar-refractivity contribution is 6.10. The smallest absolute Gasteiger partial charge is 0.137 e. The molecule has 0 radical (unpaired) electrons. The van der Waals surface area contributed by atoms with Crippen LogP contribution >= 0.6 is 0 Å². The van der Waals surface area contributed by atoms with Gasteiger partial charge < -0.3 is 4.57 Å². The van der Waals surface area contributed by atoms with Crippen LogP contribution in [0.4, 0.5) is 0 Å². The first-order chi connectivity index (χ1) is 16.9. The summed E-state index contributed by atoms with van der Waals surface area (Å²) < 4.78 is 4.48. The highest BCUT2D eigenvalue weighted by atomic mass is 15.1. The van der Waals surface area contributed by atoms with Gasteiger partial charge in [-0.05, 0) is 71.1 Å². The van der Waals surface area contributed by atoms with Crippen molar-refractivity contribution in [2.45, 2.75) is 0 Å². The summed E-state index contributed by atoms with van der Waals surface area (Å²) in [6.07, 6.45) is 3.98. The lowest BCUT2D eigenvalue weighted by molar-refractivity contribution is 1.08. The Morgan fingerprint density at radius 2 is 1.26 bits per heavy atom. The van der Waals surface area contributed by atoms with Crippen molar-refractivity contribution in [3.63, 3.8) is 0 Å². The number of aromatic nitrogens is 3. The summed E-state index contributed by atoms with van der Waals surface area (Å²) in [6.45, 7) is 0. The third-order valence-electron chi connectivity index (χ3n) is 6.63. The van der Waals surface area contributed by atoms with E-state index in [-0.39, 0.29) is 0 Å². The molecule has 3 nitrogen and oxygen atoms in total. The minimum atomic E-state index is 0.935. The van der Waals surface area contributed by atoms with Crippen molar-refractivity contribution in [3.8, 4) is 22.6 Å². The number of hydrogen-bond donors (Lipinski definition) is 0. The van der Waals surface area contributed by atoms with Crippen LogP contribution in [0.15, 0.2) is 128 Å². The van der Waals surface area contributed by atoms with Gasteiger partial charge in [0.15, 0.2) is 0 Å². The number of benzene rings is 4. The van der Waals surface area contributed by atoms with Crippen molar-refractivity contribution >= 4 is 32.7 Å². The Morgan fingerprint density at radius 3 is 2.12 bits per heavy atom. The maximum absolute atomic E-state index is 4.62. The van der Waals surface area contributed by atoms with Crippen LogP contribution in [-0.2, 0) is 0 Å². The number of nitrogens with zero attached hydrogens (tertiary/aromatic N) is 3. The molecule has 4 aromatic carbocycles. The van der Waals surface area contributed by atoms with Gasteiger partial charge in [0, 0.05) is 28.9 Å². The van der Waals surface area contributed by atoms with Gasteiger partial charge in [-0.3, -0.25) is 4.57 Å². The summed E-state index contributed by atoms with van der Waals surface area (Å²) in [5.74, 6) is 0.935. The first kappa shape index (κ1) is 18.9. The molecule has 160 valence electrons. The second-order valence-corrected chi connectivity index (χ2v) is 8.56. The van der Waals surface area contributed by atoms with E-state index < -0.39 is 0 Å². The molecule has 0 aliphatic carbocycles. The van der Waals surface area contributed by atoms with Crippen molar-refractivity contribution in [3.05, 3.63) is 128 Å². The molecule has 0 atom stereocenters. The lowest BCUT2D eigenvalue weighted by atomic mass is 10.0. The van der Waals surface area contributed by atoms with E-state index in [1.54, 1.807) is 0 Å². The highest BCUT2D eigenvalue weighted by Crippen LogP contribution is 2.34. The quantitative estimate of drug-likeness (QED) is 0.278. The molecule has 0 N–H and O–H groups in total. The van der Waals surface area contributed by atoms with Crippen LogP contribution in [0.2, 0.25) is 0 Å². The zero-order chi connectivity index (χ0) is 22.5. The Labute approximate surface area is 197 Å². The van der Waals surface area contributed by atoms with Crippen LogP contribution in [-0.4, -0.2) is 14.1 Å². The molecular weight excluding hydrogens is 414 g/mol. The molecule has 0 spiro atoms. The number of rotatable bonds is 3. The summed E-state index contributed by atoms with van der Waals surface area (Å²) in [5, 5.41) is 3.72. The maximum Gasteiger partial charge on any atom is 0.137 e. The van der Waals surface area contributed by atoms with E-state index in [1.807, 2.05) is 18.3 Å². The van der Waals surface area contributed by atoms with Gasteiger partial charge in [-0.15, -0.1) is 0 Å². The minimum absolute atomic E-state index is 0.935. The molecule has 0 bridgehead atoms. The van der Waals surface area contributed by atoms with E-state index in [4.69, 9.17) is 0 Å². The molecule has 0 fully saturated rings. The molecule has 7 aromatic rings. The van der Waals surface area contributed by atoms with E-state index in [0.29, 0.717) is 0 Å². The van der Waals surface area contributed by atoms with Crippen molar-refractivity contribution < 1.29 is 0 Å². The second kappa shape index (κ2) is 7.46. The second-order valence-electron chi connectivity index (χ2n) is 8.56. The third kappa shape index (κ3) is 2.87. The third-order valence-corrected chi connectivity index (χ3v) is 6.63.